The van der Waals surface area contributed by atoms with E-state index in [1.807, 2.05) is 16.7 Å². The Kier molecular flexibility index (Phi) is 5.74. The van der Waals surface area contributed by atoms with Crippen molar-refractivity contribution in [3.8, 4) is 11.4 Å². The van der Waals surface area contributed by atoms with Gasteiger partial charge in [-0.2, -0.15) is 5.10 Å². The summed E-state index contributed by atoms with van der Waals surface area (Å²) in [5.41, 5.74) is 0.902. The van der Waals surface area contributed by atoms with Crippen LogP contribution in [0.1, 0.15) is 26.2 Å². The first-order valence-electron chi connectivity index (χ1n) is 7.16. The fourth-order valence-electron chi connectivity index (χ4n) is 2.11. The third-order valence-corrected chi connectivity index (χ3v) is 3.97. The van der Waals surface area contributed by atoms with Gasteiger partial charge in [0.15, 0.2) is 10.6 Å². The monoisotopic (exact) mass is 338 g/mol. The van der Waals surface area contributed by atoms with E-state index in [1.54, 1.807) is 16.8 Å². The minimum atomic E-state index is -1.11. The van der Waals surface area contributed by atoms with Gasteiger partial charge in [0.2, 0.25) is 0 Å². The first kappa shape index (κ1) is 16.7. The number of unbranched alkanes of at least 4 members (excludes halogenated alkanes) is 1. The first-order chi connectivity index (χ1) is 10.5. The van der Waals surface area contributed by atoms with Crippen molar-refractivity contribution in [1.29, 1.82) is 0 Å². The molecule has 2 aromatic rings. The lowest BCUT2D eigenvalue weighted by Gasteiger charge is -2.05. The van der Waals surface area contributed by atoms with Crippen LogP contribution in [0.15, 0.2) is 24.3 Å². The molecule has 0 atom stereocenters. The molecule has 0 saturated carbocycles. The molecule has 7 heteroatoms. The number of carbonyl (C=O) groups is 1. The Morgan fingerprint density at radius 3 is 2.59 bits per heavy atom. The Hall–Kier alpha value is -1.66. The highest BCUT2D eigenvalue weighted by Crippen LogP contribution is 2.21. The molecule has 0 N–H and O–H groups in total. The highest BCUT2D eigenvalue weighted by Gasteiger charge is 2.12. The van der Waals surface area contributed by atoms with Gasteiger partial charge >= 0.3 is 0 Å². The zero-order valence-corrected chi connectivity index (χ0v) is 13.9. The van der Waals surface area contributed by atoms with E-state index in [0.29, 0.717) is 9.79 Å². The predicted molar refractivity (Wildman–Crippen MR) is 86.0 cm³/mol. The highest BCUT2D eigenvalue weighted by atomic mass is 35.5. The van der Waals surface area contributed by atoms with E-state index in [1.165, 1.54) is 0 Å². The van der Waals surface area contributed by atoms with Gasteiger partial charge in [0.1, 0.15) is 0 Å². The van der Waals surface area contributed by atoms with E-state index in [4.69, 9.17) is 23.8 Å². The Balaban J connectivity index is 2.41. The lowest BCUT2D eigenvalue weighted by molar-refractivity contribution is -0.306. The molecule has 1 aromatic carbocycles. The molecular formula is C15H17ClN3O2S-. The van der Waals surface area contributed by atoms with Crippen LogP contribution in [-0.4, -0.2) is 20.3 Å². The van der Waals surface area contributed by atoms with Crippen molar-refractivity contribution in [2.24, 2.45) is 0 Å². The van der Waals surface area contributed by atoms with Crippen LogP contribution in [0.5, 0.6) is 0 Å². The van der Waals surface area contributed by atoms with E-state index in [9.17, 15) is 9.90 Å². The second-order valence-corrected chi connectivity index (χ2v) is 5.77. The Labute approximate surface area is 139 Å². The summed E-state index contributed by atoms with van der Waals surface area (Å²) in [6, 6.07) is 7.35. The molecular weight excluding hydrogens is 322 g/mol. The molecule has 0 amide bonds. The normalized spacial score (nSPS) is 10.8. The number of benzene rings is 1. The zero-order valence-electron chi connectivity index (χ0n) is 12.3. The number of hydrogen-bond donors (Lipinski definition) is 0. The molecule has 0 aliphatic carbocycles. The van der Waals surface area contributed by atoms with Crippen molar-refractivity contribution >= 4 is 29.8 Å². The third kappa shape index (κ3) is 3.96. The Morgan fingerprint density at radius 2 is 2.00 bits per heavy atom. The minimum absolute atomic E-state index is 0.112. The van der Waals surface area contributed by atoms with Crippen LogP contribution in [-0.2, 0) is 17.9 Å². The van der Waals surface area contributed by atoms with Gasteiger partial charge in [-0.3, -0.25) is 4.57 Å². The van der Waals surface area contributed by atoms with Gasteiger partial charge in [0, 0.05) is 36.1 Å². The second kappa shape index (κ2) is 7.56. The van der Waals surface area contributed by atoms with Crippen molar-refractivity contribution in [2.75, 3.05) is 0 Å². The van der Waals surface area contributed by atoms with E-state index < -0.39 is 5.97 Å². The maximum absolute atomic E-state index is 10.6. The predicted octanol–water partition coefficient (Wildman–Crippen LogP) is 2.67. The van der Waals surface area contributed by atoms with E-state index >= 15 is 0 Å². The molecule has 0 radical (unpaired) electrons. The molecule has 5 nitrogen and oxygen atoms in total. The van der Waals surface area contributed by atoms with Gasteiger partial charge < -0.3 is 9.90 Å². The summed E-state index contributed by atoms with van der Waals surface area (Å²) < 4.78 is 4.02. The van der Waals surface area contributed by atoms with Crippen molar-refractivity contribution in [3.63, 3.8) is 0 Å². The van der Waals surface area contributed by atoms with Crippen LogP contribution in [0.4, 0.5) is 0 Å². The minimum Gasteiger partial charge on any atom is -0.550 e. The number of halogens is 1. The van der Waals surface area contributed by atoms with Gasteiger partial charge in [-0.15, -0.1) is 0 Å². The van der Waals surface area contributed by atoms with Crippen molar-refractivity contribution in [1.82, 2.24) is 14.3 Å². The molecule has 0 spiro atoms. The molecule has 0 fully saturated rings. The Bertz CT molecular complexity index is 707. The SMILES string of the molecule is CCCCn1c(-c2ccc(Cl)cc2)nn(CCC(=O)[O-])c1=S. The summed E-state index contributed by atoms with van der Waals surface area (Å²) in [7, 11) is 0. The van der Waals surface area contributed by atoms with E-state index in [2.05, 4.69) is 12.0 Å². The fourth-order valence-corrected chi connectivity index (χ4v) is 2.55. The topological polar surface area (TPSA) is 62.9 Å². The second-order valence-electron chi connectivity index (χ2n) is 4.96. The van der Waals surface area contributed by atoms with Crippen LogP contribution >= 0.6 is 23.8 Å². The number of carboxylic acid groups (broad SMARTS) is 1. The van der Waals surface area contributed by atoms with Crippen LogP contribution in [0.25, 0.3) is 11.4 Å². The average molecular weight is 339 g/mol. The van der Waals surface area contributed by atoms with Crippen LogP contribution in [0, 0.1) is 4.77 Å². The molecule has 2 rings (SSSR count). The fraction of sp³-hybridized carbons (Fsp3) is 0.400. The van der Waals surface area contributed by atoms with Crippen molar-refractivity contribution in [3.05, 3.63) is 34.1 Å². The Morgan fingerprint density at radius 1 is 1.32 bits per heavy atom. The summed E-state index contributed by atoms with van der Waals surface area (Å²) in [6.45, 7) is 3.06. The number of aliphatic carboxylic acids is 1. The molecule has 0 unspecified atom stereocenters. The lowest BCUT2D eigenvalue weighted by atomic mass is 10.2. The lowest BCUT2D eigenvalue weighted by Crippen LogP contribution is -2.23. The molecule has 1 aromatic heterocycles. The summed E-state index contributed by atoms with van der Waals surface area (Å²) in [5, 5.41) is 15.8. The molecule has 118 valence electrons. The van der Waals surface area contributed by atoms with Gasteiger partial charge in [-0.1, -0.05) is 24.9 Å². The number of nitrogens with zero attached hydrogens (tertiary/aromatic N) is 3. The average Bonchev–Trinajstić information content (AvgIpc) is 2.80. The molecule has 0 aliphatic heterocycles. The van der Waals surface area contributed by atoms with E-state index in [0.717, 1.165) is 30.8 Å². The van der Waals surface area contributed by atoms with Crippen LogP contribution in [0.3, 0.4) is 0 Å². The third-order valence-electron chi connectivity index (χ3n) is 3.29. The van der Waals surface area contributed by atoms with Gasteiger partial charge in [-0.25, -0.2) is 4.68 Å². The molecule has 0 bridgehead atoms. The smallest absolute Gasteiger partial charge is 0.198 e. The van der Waals surface area contributed by atoms with Crippen LogP contribution in [0.2, 0.25) is 5.02 Å². The number of rotatable bonds is 7. The summed E-state index contributed by atoms with van der Waals surface area (Å²) in [4.78, 5) is 10.6. The zero-order chi connectivity index (χ0) is 16.1. The number of carboxylic acids is 1. The summed E-state index contributed by atoms with van der Waals surface area (Å²) in [5.74, 6) is -0.383. The number of hydrogen-bond acceptors (Lipinski definition) is 4. The van der Waals surface area contributed by atoms with E-state index in [-0.39, 0.29) is 13.0 Å². The van der Waals surface area contributed by atoms with Crippen molar-refractivity contribution < 1.29 is 9.90 Å². The van der Waals surface area contributed by atoms with Gasteiger partial charge in [0.05, 0.1) is 0 Å². The summed E-state index contributed by atoms with van der Waals surface area (Å²) in [6.07, 6.45) is 1.90. The number of aromatic nitrogens is 3. The molecule has 1 heterocycles. The maximum Gasteiger partial charge on any atom is 0.198 e. The maximum atomic E-state index is 10.6. The van der Waals surface area contributed by atoms with Gasteiger partial charge in [-0.05, 0) is 42.9 Å². The highest BCUT2D eigenvalue weighted by molar-refractivity contribution is 7.71. The largest absolute Gasteiger partial charge is 0.550 e. The molecule has 0 aliphatic rings. The summed E-state index contributed by atoms with van der Waals surface area (Å²) >= 11 is 11.3. The molecule has 22 heavy (non-hydrogen) atoms. The number of aryl methyl sites for hydroxylation is 1. The van der Waals surface area contributed by atoms with Gasteiger partial charge in [0.25, 0.3) is 0 Å². The first-order valence-corrected chi connectivity index (χ1v) is 7.95. The molecule has 0 saturated heterocycles. The quantitative estimate of drug-likeness (QED) is 0.728. The van der Waals surface area contributed by atoms with Crippen molar-refractivity contribution in [2.45, 2.75) is 39.3 Å². The number of carbonyl (C=O) groups excluding carboxylic acids is 1. The van der Waals surface area contributed by atoms with Crippen LogP contribution < -0.4 is 5.11 Å². The standard InChI is InChI=1S/C15H18ClN3O2S/c1-2-3-9-18-14(11-4-6-12(16)7-5-11)17-19(15(18)22)10-8-13(20)21/h4-7H,2-3,8-10H2,1H3,(H,20,21)/p-1.